The van der Waals surface area contributed by atoms with Crippen LogP contribution in [0.15, 0.2) is 109 Å². The molecule has 0 fully saturated rings. The number of carbonyl (C=O) groups excluding carboxylic acids is 3. The van der Waals surface area contributed by atoms with Crippen molar-refractivity contribution in [2.45, 2.75) is 66.5 Å². The minimum atomic E-state index is -0.819. The highest BCUT2D eigenvalue weighted by molar-refractivity contribution is 6.08. The molecule has 0 aliphatic carbocycles. The summed E-state index contributed by atoms with van der Waals surface area (Å²) in [7, 11) is 1.68. The number of likely N-dealkylation sites (N-methyl/N-ethyl adjacent to an activating group) is 1. The van der Waals surface area contributed by atoms with Gasteiger partial charge in [-0.2, -0.15) is 0 Å². The molecule has 0 radical (unpaired) electrons. The van der Waals surface area contributed by atoms with Crippen molar-refractivity contribution >= 4 is 28.7 Å². The molecule has 2 aromatic heterocycles. The van der Waals surface area contributed by atoms with E-state index < -0.39 is 17.7 Å². The van der Waals surface area contributed by atoms with Gasteiger partial charge in [0.05, 0.1) is 17.8 Å². The molecular weight excluding hydrogens is 707 g/mol. The molecule has 10 heteroatoms. The molecule has 10 nitrogen and oxygen atoms in total. The number of fused-ring (bicyclic) bond motifs is 1. The summed E-state index contributed by atoms with van der Waals surface area (Å²) in [6.45, 7) is 9.46. The Labute approximate surface area is 327 Å². The summed E-state index contributed by atoms with van der Waals surface area (Å²) in [5.41, 5.74) is 4.94. The molecule has 0 amide bonds. The van der Waals surface area contributed by atoms with Gasteiger partial charge in [0, 0.05) is 16.5 Å². The number of nitrogens with zero attached hydrogens (tertiary/aromatic N) is 2. The van der Waals surface area contributed by atoms with Crippen LogP contribution in [0.4, 0.5) is 4.79 Å². The van der Waals surface area contributed by atoms with Crippen LogP contribution in [0.3, 0.4) is 0 Å². The van der Waals surface area contributed by atoms with Gasteiger partial charge in [0.25, 0.3) is 0 Å². The van der Waals surface area contributed by atoms with Crippen LogP contribution >= 0.6 is 0 Å². The van der Waals surface area contributed by atoms with Crippen LogP contribution in [0, 0.1) is 6.92 Å². The maximum absolute atomic E-state index is 14.3. The summed E-state index contributed by atoms with van der Waals surface area (Å²) >= 11 is 0. The second-order valence-corrected chi connectivity index (χ2v) is 14.4. The van der Waals surface area contributed by atoms with Crippen molar-refractivity contribution in [3.8, 4) is 22.9 Å². The lowest BCUT2D eigenvalue weighted by Gasteiger charge is -2.22. The maximum atomic E-state index is 14.3. The van der Waals surface area contributed by atoms with Crippen molar-refractivity contribution in [1.82, 2.24) is 14.9 Å². The lowest BCUT2D eigenvalue weighted by atomic mass is 9.98. The summed E-state index contributed by atoms with van der Waals surface area (Å²) in [4.78, 5) is 46.7. The van der Waals surface area contributed by atoms with Crippen molar-refractivity contribution in [1.29, 1.82) is 0 Å². The fourth-order valence-corrected chi connectivity index (χ4v) is 6.51. The van der Waals surface area contributed by atoms with Crippen LogP contribution in [0.1, 0.15) is 76.4 Å². The molecular formula is C46H47N3O7. The summed E-state index contributed by atoms with van der Waals surface area (Å²) in [5.74, 6) is -0.587. The first kappa shape index (κ1) is 39.4. The van der Waals surface area contributed by atoms with Gasteiger partial charge < -0.3 is 24.3 Å². The van der Waals surface area contributed by atoms with E-state index in [4.69, 9.17) is 23.9 Å². The quantitative estimate of drug-likeness (QED) is 0.0858. The zero-order valence-corrected chi connectivity index (χ0v) is 32.7. The molecule has 0 unspecified atom stereocenters. The fraction of sp³-hybridized carbons (Fsp3) is 0.261. The molecule has 0 saturated carbocycles. The number of aromatic nitrogens is 2. The standard InChI is InChI=1S/C46H47N3O7/c1-7-35-40(34-23-24-36-30(2)41(38(50)26-47-6)49(37(36)25-34)45(52)56-46(3,4)5)48-43(54-28-32-19-13-9-14-20-32)39(42(35)53-27-31-17-11-8-12-18-31)44(51)55-29-33-21-15-10-16-22-33/h8-25,47H,7,26-29H2,1-6H3. The maximum Gasteiger partial charge on any atom is 0.419 e. The minimum Gasteiger partial charge on any atom is -0.487 e. The van der Waals surface area contributed by atoms with Crippen LogP contribution in [-0.2, 0) is 35.7 Å². The van der Waals surface area contributed by atoms with Crippen molar-refractivity contribution in [2.75, 3.05) is 13.6 Å². The summed E-state index contributed by atoms with van der Waals surface area (Å²) in [6, 6.07) is 34.3. The second kappa shape index (κ2) is 17.5. The zero-order chi connectivity index (χ0) is 39.8. The molecule has 1 N–H and O–H groups in total. The Hall–Kier alpha value is -6.26. The largest absolute Gasteiger partial charge is 0.487 e. The fourth-order valence-electron chi connectivity index (χ4n) is 6.51. The molecule has 2 heterocycles. The number of ketones is 1. The Kier molecular flexibility index (Phi) is 12.3. The molecule has 4 aromatic carbocycles. The zero-order valence-electron chi connectivity index (χ0n) is 32.7. The predicted octanol–water partition coefficient (Wildman–Crippen LogP) is 9.27. The van der Waals surface area contributed by atoms with Crippen LogP contribution < -0.4 is 14.8 Å². The van der Waals surface area contributed by atoms with Gasteiger partial charge in [0.1, 0.15) is 36.9 Å². The highest BCUT2D eigenvalue weighted by Crippen LogP contribution is 2.41. The number of hydrogen-bond donors (Lipinski definition) is 1. The van der Waals surface area contributed by atoms with Crippen molar-refractivity contribution in [2.24, 2.45) is 0 Å². The Morgan fingerprint density at radius 2 is 1.34 bits per heavy atom. The third-order valence-corrected chi connectivity index (χ3v) is 9.10. The first-order valence-corrected chi connectivity index (χ1v) is 18.7. The highest BCUT2D eigenvalue weighted by atomic mass is 16.6. The lowest BCUT2D eigenvalue weighted by Crippen LogP contribution is -2.30. The number of ether oxygens (including phenoxy) is 4. The van der Waals surface area contributed by atoms with E-state index in [9.17, 15) is 14.4 Å². The van der Waals surface area contributed by atoms with Crippen molar-refractivity contribution in [3.63, 3.8) is 0 Å². The number of Topliss-reactive ketones (excluding diaryl/α,β-unsaturated/α-hetero) is 1. The Bertz CT molecular complexity index is 2330. The van der Waals surface area contributed by atoms with Gasteiger partial charge in [-0.3, -0.25) is 4.79 Å². The molecule has 0 bridgehead atoms. The first-order valence-electron chi connectivity index (χ1n) is 18.7. The predicted molar refractivity (Wildman–Crippen MR) is 216 cm³/mol. The lowest BCUT2D eigenvalue weighted by molar-refractivity contribution is 0.0459. The summed E-state index contributed by atoms with van der Waals surface area (Å²) < 4.78 is 26.1. The number of nitrogens with one attached hydrogen (secondary N) is 1. The molecule has 288 valence electrons. The second-order valence-electron chi connectivity index (χ2n) is 14.4. The first-order chi connectivity index (χ1) is 27.0. The van der Waals surface area contributed by atoms with Crippen LogP contribution in [0.5, 0.6) is 11.6 Å². The Morgan fingerprint density at radius 1 is 0.768 bits per heavy atom. The third kappa shape index (κ3) is 8.98. The summed E-state index contributed by atoms with van der Waals surface area (Å²) in [5, 5.41) is 3.61. The van der Waals surface area contributed by atoms with E-state index in [1.807, 2.05) is 123 Å². The van der Waals surface area contributed by atoms with Gasteiger partial charge >= 0.3 is 12.1 Å². The molecule has 0 saturated heterocycles. The average molecular weight is 754 g/mol. The normalized spacial score (nSPS) is 11.3. The van der Waals surface area contributed by atoms with Crippen LogP contribution in [0.2, 0.25) is 0 Å². The van der Waals surface area contributed by atoms with Crippen molar-refractivity contribution < 1.29 is 33.3 Å². The molecule has 6 aromatic rings. The molecule has 0 aliphatic heterocycles. The van der Waals surface area contributed by atoms with Gasteiger partial charge in [-0.1, -0.05) is 110 Å². The summed E-state index contributed by atoms with van der Waals surface area (Å²) in [6.07, 6.45) is -0.258. The Balaban J connectivity index is 1.57. The van der Waals surface area contributed by atoms with E-state index in [0.717, 1.165) is 16.7 Å². The Morgan fingerprint density at radius 3 is 1.89 bits per heavy atom. The smallest absolute Gasteiger partial charge is 0.419 e. The molecule has 0 aliphatic rings. The van der Waals surface area contributed by atoms with Gasteiger partial charge in [-0.05, 0) is 69.5 Å². The van der Waals surface area contributed by atoms with Gasteiger partial charge in [-0.25, -0.2) is 19.1 Å². The van der Waals surface area contributed by atoms with Crippen molar-refractivity contribution in [3.05, 3.63) is 148 Å². The average Bonchev–Trinajstić information content (AvgIpc) is 3.50. The van der Waals surface area contributed by atoms with Gasteiger partial charge in [0.2, 0.25) is 5.88 Å². The minimum absolute atomic E-state index is 0.0282. The van der Waals surface area contributed by atoms with Crippen LogP contribution in [-0.4, -0.2) is 46.6 Å². The number of rotatable bonds is 14. The number of esters is 1. The molecule has 56 heavy (non-hydrogen) atoms. The van der Waals surface area contributed by atoms with E-state index in [1.165, 1.54) is 4.57 Å². The van der Waals surface area contributed by atoms with Crippen LogP contribution in [0.25, 0.3) is 22.2 Å². The number of hydrogen-bond acceptors (Lipinski definition) is 9. The van der Waals surface area contributed by atoms with E-state index in [0.29, 0.717) is 39.7 Å². The van der Waals surface area contributed by atoms with Gasteiger partial charge in [0.15, 0.2) is 11.3 Å². The number of aryl methyl sites for hydroxylation is 1. The molecule has 0 atom stereocenters. The number of carbonyl (C=O) groups is 3. The highest BCUT2D eigenvalue weighted by Gasteiger charge is 2.31. The van der Waals surface area contributed by atoms with E-state index in [2.05, 4.69) is 5.32 Å². The SMILES string of the molecule is CCc1c(-c2ccc3c(C)c(C(=O)CNC)n(C(=O)OC(C)(C)C)c3c2)nc(OCc2ccccc2)c(C(=O)OCc2ccccc2)c1OCc1ccccc1. The number of pyridine rings is 1. The third-order valence-electron chi connectivity index (χ3n) is 9.10. The monoisotopic (exact) mass is 753 g/mol. The topological polar surface area (TPSA) is 118 Å². The molecule has 6 rings (SSSR count). The number of benzene rings is 4. The van der Waals surface area contributed by atoms with E-state index >= 15 is 0 Å². The van der Waals surface area contributed by atoms with Gasteiger partial charge in [-0.15, -0.1) is 0 Å². The van der Waals surface area contributed by atoms with E-state index in [1.54, 1.807) is 27.8 Å². The van der Waals surface area contributed by atoms with E-state index in [-0.39, 0.29) is 55.0 Å². The molecule has 0 spiro atoms.